The summed E-state index contributed by atoms with van der Waals surface area (Å²) in [5.41, 5.74) is 0.991. The molecule has 0 spiro atoms. The standard InChI is InChI=1S/C15H17Cl2NOS/c1-10(2)18-8-12-13(16)4-3-5-14(12)19-9-11-6-7-15(17)20-11/h3-7,10,18H,8-9H2,1-2H3. The molecular weight excluding hydrogens is 313 g/mol. The minimum Gasteiger partial charge on any atom is -0.488 e. The summed E-state index contributed by atoms with van der Waals surface area (Å²) in [5.74, 6) is 0.815. The van der Waals surface area contributed by atoms with Crippen molar-refractivity contribution >= 4 is 34.5 Å². The van der Waals surface area contributed by atoms with Crippen molar-refractivity contribution in [3.8, 4) is 5.75 Å². The maximum Gasteiger partial charge on any atom is 0.125 e. The van der Waals surface area contributed by atoms with Gasteiger partial charge in [0.05, 0.1) is 4.34 Å². The van der Waals surface area contributed by atoms with E-state index < -0.39 is 0 Å². The Morgan fingerprint density at radius 2 is 2.00 bits per heavy atom. The molecule has 0 amide bonds. The van der Waals surface area contributed by atoms with Crippen LogP contribution in [0.4, 0.5) is 0 Å². The number of hydrogen-bond donors (Lipinski definition) is 1. The van der Waals surface area contributed by atoms with Crippen LogP contribution in [0.5, 0.6) is 5.75 Å². The van der Waals surface area contributed by atoms with Crippen LogP contribution in [0.1, 0.15) is 24.3 Å². The molecule has 5 heteroatoms. The Labute approximate surface area is 133 Å². The van der Waals surface area contributed by atoms with Gasteiger partial charge in [-0.15, -0.1) is 11.3 Å². The van der Waals surface area contributed by atoms with E-state index in [1.165, 1.54) is 11.3 Å². The van der Waals surface area contributed by atoms with Crippen LogP contribution in [-0.2, 0) is 13.2 Å². The average Bonchev–Trinajstić information content (AvgIpc) is 2.81. The summed E-state index contributed by atoms with van der Waals surface area (Å²) >= 11 is 13.7. The SMILES string of the molecule is CC(C)NCc1c(Cl)cccc1OCc1ccc(Cl)s1. The number of rotatable bonds is 6. The van der Waals surface area contributed by atoms with Gasteiger partial charge in [-0.25, -0.2) is 0 Å². The van der Waals surface area contributed by atoms with E-state index >= 15 is 0 Å². The Kier molecular flexibility index (Phi) is 5.73. The molecular formula is C15H17Cl2NOS. The zero-order valence-corrected chi connectivity index (χ0v) is 13.8. The predicted octanol–water partition coefficient (Wildman–Crippen LogP) is 5.13. The monoisotopic (exact) mass is 329 g/mol. The maximum absolute atomic E-state index is 6.26. The molecule has 1 N–H and O–H groups in total. The van der Waals surface area contributed by atoms with E-state index in [1.807, 2.05) is 30.3 Å². The minimum atomic E-state index is 0.398. The van der Waals surface area contributed by atoms with Gasteiger partial charge in [0.2, 0.25) is 0 Å². The van der Waals surface area contributed by atoms with Crippen LogP contribution < -0.4 is 10.1 Å². The summed E-state index contributed by atoms with van der Waals surface area (Å²) in [7, 11) is 0. The highest BCUT2D eigenvalue weighted by molar-refractivity contribution is 7.16. The van der Waals surface area contributed by atoms with E-state index in [0.29, 0.717) is 19.2 Å². The van der Waals surface area contributed by atoms with Crippen molar-refractivity contribution in [3.05, 3.63) is 50.1 Å². The highest BCUT2D eigenvalue weighted by atomic mass is 35.5. The van der Waals surface area contributed by atoms with E-state index in [-0.39, 0.29) is 0 Å². The first kappa shape index (κ1) is 15.6. The second kappa shape index (κ2) is 7.32. The molecule has 20 heavy (non-hydrogen) atoms. The van der Waals surface area contributed by atoms with Crippen LogP contribution in [0.3, 0.4) is 0 Å². The molecule has 108 valence electrons. The molecule has 0 unspecified atom stereocenters. The summed E-state index contributed by atoms with van der Waals surface area (Å²) < 4.78 is 6.65. The fraction of sp³-hybridized carbons (Fsp3) is 0.333. The quantitative estimate of drug-likeness (QED) is 0.792. The minimum absolute atomic E-state index is 0.398. The van der Waals surface area contributed by atoms with Crippen molar-refractivity contribution in [2.45, 2.75) is 33.0 Å². The van der Waals surface area contributed by atoms with Crippen molar-refractivity contribution < 1.29 is 4.74 Å². The third-order valence-corrected chi connectivity index (χ3v) is 4.32. The number of benzene rings is 1. The van der Waals surface area contributed by atoms with Gasteiger partial charge in [0.1, 0.15) is 12.4 Å². The van der Waals surface area contributed by atoms with Gasteiger partial charge in [-0.2, -0.15) is 0 Å². The van der Waals surface area contributed by atoms with Crippen LogP contribution in [0.15, 0.2) is 30.3 Å². The second-order valence-corrected chi connectivity index (χ2v) is 6.95. The van der Waals surface area contributed by atoms with Gasteiger partial charge in [0.25, 0.3) is 0 Å². The lowest BCUT2D eigenvalue weighted by Crippen LogP contribution is -2.22. The molecule has 2 nitrogen and oxygen atoms in total. The van der Waals surface area contributed by atoms with Crippen LogP contribution >= 0.6 is 34.5 Å². The number of halogens is 2. The van der Waals surface area contributed by atoms with E-state index in [1.54, 1.807) is 0 Å². The lowest BCUT2D eigenvalue weighted by atomic mass is 10.2. The summed E-state index contributed by atoms with van der Waals surface area (Å²) in [5, 5.41) is 4.08. The zero-order valence-electron chi connectivity index (χ0n) is 11.5. The Bertz CT molecular complexity index is 569. The van der Waals surface area contributed by atoms with Crippen LogP contribution in [-0.4, -0.2) is 6.04 Å². The van der Waals surface area contributed by atoms with Crippen LogP contribution in [0.25, 0.3) is 0 Å². The van der Waals surface area contributed by atoms with Crippen LogP contribution in [0.2, 0.25) is 9.36 Å². The fourth-order valence-corrected chi connectivity index (χ4v) is 2.96. The number of hydrogen-bond acceptors (Lipinski definition) is 3. The third kappa shape index (κ3) is 4.38. The van der Waals surface area contributed by atoms with Crippen LogP contribution in [0, 0.1) is 0 Å². The Morgan fingerprint density at radius 1 is 1.20 bits per heavy atom. The third-order valence-electron chi connectivity index (χ3n) is 2.76. The van der Waals surface area contributed by atoms with Gasteiger partial charge < -0.3 is 10.1 Å². The van der Waals surface area contributed by atoms with Crippen molar-refractivity contribution in [1.29, 1.82) is 0 Å². The molecule has 0 aliphatic carbocycles. The molecule has 0 atom stereocenters. The lowest BCUT2D eigenvalue weighted by molar-refractivity contribution is 0.305. The van der Waals surface area contributed by atoms with Crippen molar-refractivity contribution in [1.82, 2.24) is 5.32 Å². The molecule has 0 aliphatic heterocycles. The molecule has 0 saturated carbocycles. The van der Waals surface area contributed by atoms with E-state index in [4.69, 9.17) is 27.9 Å². The molecule has 0 aliphatic rings. The predicted molar refractivity (Wildman–Crippen MR) is 87.1 cm³/mol. The molecule has 1 heterocycles. The lowest BCUT2D eigenvalue weighted by Gasteiger charge is -2.14. The van der Waals surface area contributed by atoms with Gasteiger partial charge in [-0.1, -0.05) is 43.1 Å². The molecule has 1 aromatic carbocycles. The molecule has 2 rings (SSSR count). The highest BCUT2D eigenvalue weighted by Crippen LogP contribution is 2.28. The average molecular weight is 330 g/mol. The molecule has 0 radical (unpaired) electrons. The summed E-state index contributed by atoms with van der Waals surface area (Å²) in [4.78, 5) is 1.10. The second-order valence-electron chi connectivity index (χ2n) is 4.75. The normalized spacial score (nSPS) is 11.1. The maximum atomic E-state index is 6.26. The Balaban J connectivity index is 2.08. The van der Waals surface area contributed by atoms with E-state index in [9.17, 15) is 0 Å². The first-order valence-electron chi connectivity index (χ1n) is 6.44. The number of nitrogens with one attached hydrogen (secondary N) is 1. The van der Waals surface area contributed by atoms with Crippen molar-refractivity contribution in [2.24, 2.45) is 0 Å². The van der Waals surface area contributed by atoms with Gasteiger partial charge >= 0.3 is 0 Å². The highest BCUT2D eigenvalue weighted by Gasteiger charge is 2.09. The fourth-order valence-electron chi connectivity index (χ4n) is 1.73. The zero-order chi connectivity index (χ0) is 14.5. The molecule has 1 aromatic heterocycles. The largest absolute Gasteiger partial charge is 0.488 e. The topological polar surface area (TPSA) is 21.3 Å². The van der Waals surface area contributed by atoms with E-state index in [0.717, 1.165) is 25.5 Å². The molecule has 0 bridgehead atoms. The smallest absolute Gasteiger partial charge is 0.125 e. The molecule has 0 saturated heterocycles. The van der Waals surface area contributed by atoms with Gasteiger partial charge in [0, 0.05) is 28.0 Å². The molecule has 2 aromatic rings. The van der Waals surface area contributed by atoms with Crippen molar-refractivity contribution in [2.75, 3.05) is 0 Å². The summed E-state index contributed by atoms with van der Waals surface area (Å²) in [6, 6.07) is 9.98. The van der Waals surface area contributed by atoms with Gasteiger partial charge in [-0.3, -0.25) is 0 Å². The first-order valence-corrected chi connectivity index (χ1v) is 8.01. The van der Waals surface area contributed by atoms with Crippen molar-refractivity contribution in [3.63, 3.8) is 0 Å². The summed E-state index contributed by atoms with van der Waals surface area (Å²) in [6.07, 6.45) is 0. The van der Waals surface area contributed by atoms with Gasteiger partial charge in [0.15, 0.2) is 0 Å². The van der Waals surface area contributed by atoms with E-state index in [2.05, 4.69) is 19.2 Å². The molecule has 0 fully saturated rings. The summed E-state index contributed by atoms with van der Waals surface area (Å²) in [6.45, 7) is 5.40. The number of thiophene rings is 1. The first-order chi connectivity index (χ1) is 9.56. The number of ether oxygens (including phenoxy) is 1. The Morgan fingerprint density at radius 3 is 2.65 bits per heavy atom. The van der Waals surface area contributed by atoms with Gasteiger partial charge in [-0.05, 0) is 24.3 Å². The Hall–Kier alpha value is -0.740.